The summed E-state index contributed by atoms with van der Waals surface area (Å²) in [6.45, 7) is 0. The van der Waals surface area contributed by atoms with Crippen molar-refractivity contribution in [3.63, 3.8) is 0 Å². The summed E-state index contributed by atoms with van der Waals surface area (Å²) in [6, 6.07) is 17.8. The number of imidazole rings is 1. The van der Waals surface area contributed by atoms with Crippen molar-refractivity contribution in [3.8, 4) is 11.4 Å². The number of aromatic amines is 1. The number of amides is 2. The minimum Gasteiger partial charge on any atom is -0.338 e. The molecule has 5 rings (SSSR count). The van der Waals surface area contributed by atoms with Gasteiger partial charge in [0.05, 0.1) is 11.0 Å². The van der Waals surface area contributed by atoms with Crippen molar-refractivity contribution in [2.75, 3.05) is 10.6 Å². The zero-order chi connectivity index (χ0) is 23.7. The molecule has 1 aliphatic rings. The number of H-pyrrole nitrogens is 1. The number of nitrogens with one attached hydrogen (secondary N) is 3. The molecule has 8 heteroatoms. The van der Waals surface area contributed by atoms with Gasteiger partial charge in [0, 0.05) is 38.5 Å². The Morgan fingerprint density at radius 1 is 0.853 bits per heavy atom. The molecule has 1 heterocycles. The third kappa shape index (κ3) is 4.93. The minimum absolute atomic E-state index is 0.101. The Morgan fingerprint density at radius 2 is 1.53 bits per heavy atom. The van der Waals surface area contributed by atoms with Gasteiger partial charge in [-0.15, -0.1) is 0 Å². The lowest BCUT2D eigenvalue weighted by molar-refractivity contribution is -0.119. The summed E-state index contributed by atoms with van der Waals surface area (Å²) < 4.78 is 0. The summed E-state index contributed by atoms with van der Waals surface area (Å²) in [6.07, 6.45) is 4.20. The van der Waals surface area contributed by atoms with Crippen molar-refractivity contribution in [1.82, 2.24) is 9.97 Å². The van der Waals surface area contributed by atoms with Crippen molar-refractivity contribution in [3.05, 3.63) is 76.3 Å². The van der Waals surface area contributed by atoms with Gasteiger partial charge in [0.15, 0.2) is 0 Å². The molecule has 0 radical (unpaired) electrons. The summed E-state index contributed by atoms with van der Waals surface area (Å²) in [7, 11) is 0. The molecule has 34 heavy (non-hydrogen) atoms. The van der Waals surface area contributed by atoms with Crippen LogP contribution in [0.3, 0.4) is 0 Å². The predicted molar refractivity (Wildman–Crippen MR) is 137 cm³/mol. The zero-order valence-electron chi connectivity index (χ0n) is 18.2. The molecule has 172 valence electrons. The van der Waals surface area contributed by atoms with Gasteiger partial charge >= 0.3 is 0 Å². The molecule has 1 saturated carbocycles. The summed E-state index contributed by atoms with van der Waals surface area (Å²) in [5.41, 5.74) is 4.24. The van der Waals surface area contributed by atoms with Crippen LogP contribution >= 0.6 is 23.2 Å². The Hall–Kier alpha value is -3.35. The number of anilines is 2. The molecule has 1 aromatic heterocycles. The van der Waals surface area contributed by atoms with Crippen LogP contribution < -0.4 is 10.6 Å². The molecule has 2 amide bonds. The third-order valence-corrected chi connectivity index (χ3v) is 6.45. The Labute approximate surface area is 206 Å². The fraction of sp³-hybridized carbons (Fsp3) is 0.192. The van der Waals surface area contributed by atoms with Crippen LogP contribution in [0.5, 0.6) is 0 Å². The molecule has 1 fully saturated rings. The normalized spacial score (nSPS) is 13.8. The van der Waals surface area contributed by atoms with Gasteiger partial charge in [0.2, 0.25) is 5.91 Å². The molecule has 0 spiro atoms. The van der Waals surface area contributed by atoms with E-state index in [2.05, 4.69) is 20.6 Å². The average molecular weight is 493 g/mol. The Bertz CT molecular complexity index is 1360. The van der Waals surface area contributed by atoms with Crippen molar-refractivity contribution in [1.29, 1.82) is 0 Å². The number of carbonyl (C=O) groups is 2. The molecule has 0 unspecified atom stereocenters. The van der Waals surface area contributed by atoms with E-state index in [9.17, 15) is 9.59 Å². The zero-order valence-corrected chi connectivity index (χ0v) is 19.7. The highest BCUT2D eigenvalue weighted by atomic mass is 35.5. The molecule has 0 saturated heterocycles. The number of carbonyl (C=O) groups excluding carboxylic acids is 2. The lowest BCUT2D eigenvalue weighted by Gasteiger charge is -2.10. The van der Waals surface area contributed by atoms with Gasteiger partial charge < -0.3 is 15.6 Å². The highest BCUT2D eigenvalue weighted by Gasteiger charge is 2.22. The van der Waals surface area contributed by atoms with E-state index in [4.69, 9.17) is 23.2 Å². The number of nitrogens with zero attached hydrogens (tertiary/aromatic N) is 1. The van der Waals surface area contributed by atoms with Crippen LogP contribution in [-0.2, 0) is 4.79 Å². The summed E-state index contributed by atoms with van der Waals surface area (Å²) >= 11 is 12.0. The van der Waals surface area contributed by atoms with Crippen LogP contribution in [0, 0.1) is 5.92 Å². The lowest BCUT2D eigenvalue weighted by atomic mass is 10.1. The van der Waals surface area contributed by atoms with Crippen molar-refractivity contribution >= 4 is 57.4 Å². The van der Waals surface area contributed by atoms with Gasteiger partial charge in [0.25, 0.3) is 5.91 Å². The Kier molecular flexibility index (Phi) is 6.26. The maximum absolute atomic E-state index is 12.6. The minimum atomic E-state index is -0.307. The molecule has 0 aliphatic heterocycles. The molecule has 3 N–H and O–H groups in total. The smallest absolute Gasteiger partial charge is 0.255 e. The van der Waals surface area contributed by atoms with Gasteiger partial charge in [0.1, 0.15) is 5.82 Å². The number of fused-ring (bicyclic) bond motifs is 1. The van der Waals surface area contributed by atoms with Crippen molar-refractivity contribution < 1.29 is 9.59 Å². The quantitative estimate of drug-likeness (QED) is 0.282. The van der Waals surface area contributed by atoms with Gasteiger partial charge in [-0.25, -0.2) is 4.98 Å². The molecular weight excluding hydrogens is 471 g/mol. The van der Waals surface area contributed by atoms with Gasteiger partial charge in [-0.1, -0.05) is 36.0 Å². The van der Waals surface area contributed by atoms with E-state index in [0.29, 0.717) is 27.1 Å². The van der Waals surface area contributed by atoms with Crippen LogP contribution in [0.25, 0.3) is 22.4 Å². The Balaban J connectivity index is 1.30. The Morgan fingerprint density at radius 3 is 2.24 bits per heavy atom. The van der Waals surface area contributed by atoms with Crippen LogP contribution in [-0.4, -0.2) is 21.8 Å². The van der Waals surface area contributed by atoms with Crippen molar-refractivity contribution in [2.24, 2.45) is 5.92 Å². The number of hydrogen-bond acceptors (Lipinski definition) is 3. The van der Waals surface area contributed by atoms with E-state index in [0.717, 1.165) is 48.0 Å². The average Bonchev–Trinajstić information content (AvgIpc) is 3.49. The fourth-order valence-electron chi connectivity index (χ4n) is 4.26. The highest BCUT2D eigenvalue weighted by molar-refractivity contribution is 6.35. The third-order valence-electron chi connectivity index (χ3n) is 6.02. The van der Waals surface area contributed by atoms with Gasteiger partial charge in [-0.05, 0) is 73.5 Å². The topological polar surface area (TPSA) is 86.9 Å². The van der Waals surface area contributed by atoms with E-state index in [1.165, 1.54) is 0 Å². The second-order valence-electron chi connectivity index (χ2n) is 8.48. The maximum atomic E-state index is 12.6. The van der Waals surface area contributed by atoms with Gasteiger partial charge in [-0.2, -0.15) is 0 Å². The largest absolute Gasteiger partial charge is 0.338 e. The molecular formula is C26H22Cl2N4O2. The maximum Gasteiger partial charge on any atom is 0.255 e. The summed E-state index contributed by atoms with van der Waals surface area (Å²) in [5, 5.41) is 6.66. The second-order valence-corrected chi connectivity index (χ2v) is 9.35. The first-order valence-corrected chi connectivity index (χ1v) is 11.9. The first-order chi connectivity index (χ1) is 16.4. The van der Waals surface area contributed by atoms with Gasteiger partial charge in [-0.3, -0.25) is 9.59 Å². The number of aromatic nitrogens is 2. The van der Waals surface area contributed by atoms with Crippen LogP contribution in [0.2, 0.25) is 10.0 Å². The molecule has 4 aromatic rings. The van der Waals surface area contributed by atoms with E-state index in [1.54, 1.807) is 24.3 Å². The first-order valence-electron chi connectivity index (χ1n) is 11.1. The molecule has 0 bridgehead atoms. The van der Waals surface area contributed by atoms with Crippen molar-refractivity contribution in [2.45, 2.75) is 25.7 Å². The van der Waals surface area contributed by atoms with E-state index >= 15 is 0 Å². The number of benzene rings is 3. The number of rotatable bonds is 5. The number of halogens is 2. The van der Waals surface area contributed by atoms with E-state index in [1.807, 2.05) is 36.4 Å². The van der Waals surface area contributed by atoms with Crippen LogP contribution in [0.4, 0.5) is 11.4 Å². The standard InChI is InChI=1S/C26H22Cl2N4O2/c27-18-11-17(12-19(28)13-18)26(34)30-21-9-10-22-23(14-21)32-24(31-22)15-5-7-20(8-6-15)29-25(33)16-3-1-2-4-16/h5-14,16H,1-4H2,(H,29,33)(H,30,34)(H,31,32). The summed E-state index contributed by atoms with van der Waals surface area (Å²) in [4.78, 5) is 32.9. The lowest BCUT2D eigenvalue weighted by Crippen LogP contribution is -2.20. The van der Waals surface area contributed by atoms with Crippen LogP contribution in [0.1, 0.15) is 36.0 Å². The fourth-order valence-corrected chi connectivity index (χ4v) is 4.78. The summed E-state index contributed by atoms with van der Waals surface area (Å²) in [5.74, 6) is 0.622. The SMILES string of the molecule is O=C(Nc1ccc2nc(-c3ccc(NC(=O)C4CCCC4)cc3)[nH]c2c1)c1cc(Cl)cc(Cl)c1. The van der Waals surface area contributed by atoms with E-state index < -0.39 is 0 Å². The molecule has 1 aliphatic carbocycles. The highest BCUT2D eigenvalue weighted by Crippen LogP contribution is 2.28. The molecule has 6 nitrogen and oxygen atoms in total. The first kappa shape index (κ1) is 22.4. The molecule has 3 aromatic carbocycles. The number of hydrogen-bond donors (Lipinski definition) is 3. The second kappa shape index (κ2) is 9.49. The van der Waals surface area contributed by atoms with Crippen LogP contribution in [0.15, 0.2) is 60.7 Å². The predicted octanol–water partition coefficient (Wildman–Crippen LogP) is 6.92. The molecule has 0 atom stereocenters. The monoisotopic (exact) mass is 492 g/mol. The van der Waals surface area contributed by atoms with E-state index in [-0.39, 0.29) is 17.7 Å².